The molecule has 1 amide bonds. The van der Waals surface area contributed by atoms with Crippen molar-refractivity contribution in [3.05, 3.63) is 99.8 Å². The average Bonchev–Trinajstić information content (AvgIpc) is 3.31. The normalized spacial score (nSPS) is 15.9. The van der Waals surface area contributed by atoms with Gasteiger partial charge in [-0.3, -0.25) is 9.59 Å². The number of furan rings is 1. The second-order valence-corrected chi connectivity index (χ2v) is 6.68. The molecular weight excluding hydrogens is 358 g/mol. The number of phenols is 1. The molecule has 0 saturated carbocycles. The fourth-order valence-electron chi connectivity index (χ4n) is 3.70. The predicted molar refractivity (Wildman–Crippen MR) is 101 cm³/mol. The van der Waals surface area contributed by atoms with Crippen molar-refractivity contribution in [1.29, 1.82) is 0 Å². The molecule has 0 unspecified atom stereocenters. The van der Waals surface area contributed by atoms with Gasteiger partial charge in [0.1, 0.15) is 17.1 Å². The van der Waals surface area contributed by atoms with Crippen LogP contribution in [0.25, 0.3) is 11.0 Å². The summed E-state index contributed by atoms with van der Waals surface area (Å²) in [6, 6.07) is 16.2. The summed E-state index contributed by atoms with van der Waals surface area (Å²) in [5, 5.41) is 10.1. The van der Waals surface area contributed by atoms with E-state index in [0.717, 1.165) is 0 Å². The summed E-state index contributed by atoms with van der Waals surface area (Å²) in [4.78, 5) is 28.0. The van der Waals surface area contributed by atoms with Gasteiger partial charge in [0.05, 0.1) is 29.8 Å². The zero-order chi connectivity index (χ0) is 19.3. The molecule has 4 aromatic rings. The van der Waals surface area contributed by atoms with Crippen LogP contribution in [0.3, 0.4) is 0 Å². The van der Waals surface area contributed by atoms with Crippen LogP contribution in [-0.4, -0.2) is 15.9 Å². The Morgan fingerprint density at radius 3 is 2.50 bits per heavy atom. The van der Waals surface area contributed by atoms with Crippen molar-refractivity contribution < 1.29 is 18.7 Å². The smallest absolute Gasteiger partial charge is 0.291 e. The van der Waals surface area contributed by atoms with E-state index in [1.807, 2.05) is 0 Å². The molecule has 1 aliphatic rings. The lowest BCUT2D eigenvalue weighted by Gasteiger charge is -2.24. The van der Waals surface area contributed by atoms with Crippen LogP contribution < -0.4 is 5.43 Å². The number of carbonyl (C=O) groups excluding carboxylic acids is 1. The van der Waals surface area contributed by atoms with E-state index in [1.54, 1.807) is 53.4 Å². The minimum atomic E-state index is -0.631. The summed E-state index contributed by atoms with van der Waals surface area (Å²) in [6.07, 6.45) is 1.54. The number of rotatable bonds is 3. The molecule has 1 atom stereocenters. The summed E-state index contributed by atoms with van der Waals surface area (Å²) in [6.45, 7) is 0.192. The van der Waals surface area contributed by atoms with Crippen molar-refractivity contribution in [2.45, 2.75) is 12.6 Å². The highest BCUT2D eigenvalue weighted by Crippen LogP contribution is 2.39. The van der Waals surface area contributed by atoms with Crippen molar-refractivity contribution in [3.63, 3.8) is 0 Å². The number of phenolic OH excluding ortho intramolecular Hbond substituents is 1. The molecule has 0 aliphatic carbocycles. The lowest BCUT2D eigenvalue weighted by molar-refractivity contribution is 0.0701. The minimum Gasteiger partial charge on any atom is -0.508 e. The first kappa shape index (κ1) is 16.4. The summed E-state index contributed by atoms with van der Waals surface area (Å²) in [5.74, 6) is 0.388. The zero-order valence-corrected chi connectivity index (χ0v) is 14.7. The van der Waals surface area contributed by atoms with Crippen LogP contribution in [-0.2, 0) is 6.54 Å². The highest BCUT2D eigenvalue weighted by molar-refractivity contribution is 5.99. The van der Waals surface area contributed by atoms with Crippen molar-refractivity contribution in [3.8, 4) is 5.75 Å². The van der Waals surface area contributed by atoms with E-state index in [0.29, 0.717) is 27.9 Å². The summed E-state index contributed by atoms with van der Waals surface area (Å²) in [5.41, 5.74) is 1.16. The predicted octanol–water partition coefficient (Wildman–Crippen LogP) is 3.84. The number of hydrogen-bond acceptors (Lipinski definition) is 5. The maximum absolute atomic E-state index is 13.3. The van der Waals surface area contributed by atoms with Gasteiger partial charge in [-0.1, -0.05) is 24.3 Å². The maximum atomic E-state index is 13.3. The van der Waals surface area contributed by atoms with Crippen LogP contribution in [0.5, 0.6) is 5.75 Å². The van der Waals surface area contributed by atoms with Crippen LogP contribution >= 0.6 is 0 Å². The monoisotopic (exact) mass is 373 g/mol. The lowest BCUT2D eigenvalue weighted by atomic mass is 9.98. The molecule has 1 aliphatic heterocycles. The molecule has 0 fully saturated rings. The van der Waals surface area contributed by atoms with Crippen molar-refractivity contribution in [2.24, 2.45) is 0 Å². The topological polar surface area (TPSA) is 83.9 Å². The molecule has 2 aromatic heterocycles. The number of aromatic hydroxyl groups is 1. The Balaban J connectivity index is 1.75. The van der Waals surface area contributed by atoms with Gasteiger partial charge in [0.2, 0.25) is 5.76 Å². The van der Waals surface area contributed by atoms with Gasteiger partial charge < -0.3 is 18.8 Å². The van der Waals surface area contributed by atoms with E-state index >= 15 is 0 Å². The van der Waals surface area contributed by atoms with E-state index in [2.05, 4.69) is 0 Å². The quantitative estimate of drug-likeness (QED) is 0.590. The lowest BCUT2D eigenvalue weighted by Crippen LogP contribution is -2.29. The van der Waals surface area contributed by atoms with Gasteiger partial charge in [-0.2, -0.15) is 0 Å². The minimum absolute atomic E-state index is 0.0494. The molecular formula is C22H15NO5. The molecule has 2 aromatic carbocycles. The number of hydrogen-bond donors (Lipinski definition) is 1. The fourth-order valence-corrected chi connectivity index (χ4v) is 3.70. The Hall–Kier alpha value is -3.80. The van der Waals surface area contributed by atoms with Crippen molar-refractivity contribution in [2.75, 3.05) is 0 Å². The SMILES string of the molecule is O=C1c2oc3ccccc3c(=O)c2[C@@H](c2ccc(O)cc2)N1Cc1ccco1. The fraction of sp³-hybridized carbons (Fsp3) is 0.0909. The Morgan fingerprint density at radius 2 is 1.75 bits per heavy atom. The average molecular weight is 373 g/mol. The van der Waals surface area contributed by atoms with Gasteiger partial charge in [0, 0.05) is 0 Å². The van der Waals surface area contributed by atoms with Gasteiger partial charge in [-0.25, -0.2) is 0 Å². The van der Waals surface area contributed by atoms with Crippen LogP contribution in [0.15, 0.2) is 80.6 Å². The Kier molecular flexibility index (Phi) is 3.58. The first-order valence-corrected chi connectivity index (χ1v) is 8.81. The second-order valence-electron chi connectivity index (χ2n) is 6.68. The number of benzene rings is 2. The molecule has 5 rings (SSSR count). The molecule has 0 radical (unpaired) electrons. The molecule has 1 N–H and O–H groups in total. The highest BCUT2D eigenvalue weighted by atomic mass is 16.4. The van der Waals surface area contributed by atoms with Crippen LogP contribution in [0.1, 0.15) is 33.5 Å². The molecule has 138 valence electrons. The third-order valence-corrected chi connectivity index (χ3v) is 4.99. The van der Waals surface area contributed by atoms with E-state index < -0.39 is 6.04 Å². The zero-order valence-electron chi connectivity index (χ0n) is 14.7. The summed E-state index contributed by atoms with van der Waals surface area (Å²) < 4.78 is 11.3. The maximum Gasteiger partial charge on any atom is 0.291 e. The van der Waals surface area contributed by atoms with Crippen LogP contribution in [0.2, 0.25) is 0 Å². The van der Waals surface area contributed by atoms with Gasteiger partial charge in [0.25, 0.3) is 5.91 Å². The van der Waals surface area contributed by atoms with Crippen LogP contribution in [0, 0.1) is 0 Å². The van der Waals surface area contributed by atoms with Crippen molar-refractivity contribution >= 4 is 16.9 Å². The number of amides is 1. The van der Waals surface area contributed by atoms with E-state index in [9.17, 15) is 14.7 Å². The molecule has 0 saturated heterocycles. The first-order valence-electron chi connectivity index (χ1n) is 8.81. The van der Waals surface area contributed by atoms with Gasteiger partial charge >= 0.3 is 0 Å². The molecule has 28 heavy (non-hydrogen) atoms. The molecule has 6 heteroatoms. The number of nitrogens with zero attached hydrogens (tertiary/aromatic N) is 1. The number of para-hydroxylation sites is 1. The van der Waals surface area contributed by atoms with Gasteiger partial charge in [-0.05, 0) is 42.0 Å². The summed E-state index contributed by atoms with van der Waals surface area (Å²) in [7, 11) is 0. The standard InChI is InChI=1S/C22H15NO5/c24-14-9-7-13(8-10-14)19-18-20(25)16-5-1-2-6-17(16)28-21(18)22(26)23(19)12-15-4-3-11-27-15/h1-11,19,24H,12H2/t19-/m1/s1. The summed E-state index contributed by atoms with van der Waals surface area (Å²) >= 11 is 0. The number of fused-ring (bicyclic) bond motifs is 2. The number of carbonyl (C=O) groups is 1. The Morgan fingerprint density at radius 1 is 0.964 bits per heavy atom. The second kappa shape index (κ2) is 6.13. The molecule has 3 heterocycles. The Labute approximate surface area is 159 Å². The molecule has 0 bridgehead atoms. The third-order valence-electron chi connectivity index (χ3n) is 4.99. The molecule has 0 spiro atoms. The molecule has 6 nitrogen and oxygen atoms in total. The van der Waals surface area contributed by atoms with Crippen molar-refractivity contribution in [1.82, 2.24) is 4.90 Å². The third kappa shape index (κ3) is 2.42. The highest BCUT2D eigenvalue weighted by Gasteiger charge is 2.43. The first-order chi connectivity index (χ1) is 13.6. The van der Waals surface area contributed by atoms with Gasteiger partial charge in [0.15, 0.2) is 5.43 Å². The largest absolute Gasteiger partial charge is 0.508 e. The van der Waals surface area contributed by atoms with Crippen LogP contribution in [0.4, 0.5) is 0 Å². The van der Waals surface area contributed by atoms with E-state index in [4.69, 9.17) is 8.83 Å². The van der Waals surface area contributed by atoms with E-state index in [1.165, 1.54) is 18.4 Å². The van der Waals surface area contributed by atoms with Gasteiger partial charge in [-0.15, -0.1) is 0 Å². The Bertz CT molecular complexity index is 1240. The van der Waals surface area contributed by atoms with E-state index in [-0.39, 0.29) is 29.4 Å².